The second-order valence-corrected chi connectivity index (χ2v) is 9.11. The highest BCUT2D eigenvalue weighted by Gasteiger charge is 2.31. The van der Waals surface area contributed by atoms with Gasteiger partial charge in [-0.1, -0.05) is 13.0 Å². The van der Waals surface area contributed by atoms with Crippen molar-refractivity contribution in [1.29, 1.82) is 0 Å². The van der Waals surface area contributed by atoms with Crippen LogP contribution < -0.4 is 9.64 Å². The first-order valence-electron chi connectivity index (χ1n) is 10.5. The Bertz CT molecular complexity index is 819. The molecule has 1 aromatic heterocycles. The molecule has 0 aliphatic carbocycles. The first-order chi connectivity index (χ1) is 13.4. The normalized spacial score (nSPS) is 19.4. The summed E-state index contributed by atoms with van der Waals surface area (Å²) in [5.41, 5.74) is 6.66. The summed E-state index contributed by atoms with van der Waals surface area (Å²) in [6.07, 6.45) is 3.45. The molecule has 0 amide bonds. The van der Waals surface area contributed by atoms with Crippen molar-refractivity contribution in [2.45, 2.75) is 46.6 Å². The Hall–Kier alpha value is -2.07. The minimum Gasteiger partial charge on any atom is -0.493 e. The lowest BCUT2D eigenvalue weighted by Crippen LogP contribution is -2.41. The number of anilines is 1. The van der Waals surface area contributed by atoms with E-state index >= 15 is 0 Å². The summed E-state index contributed by atoms with van der Waals surface area (Å²) < 4.78 is 6.28. The molecule has 28 heavy (non-hydrogen) atoms. The van der Waals surface area contributed by atoms with Crippen molar-refractivity contribution in [3.8, 4) is 5.75 Å². The number of piperidine rings is 1. The monoisotopic (exact) mass is 379 g/mol. The first kappa shape index (κ1) is 19.3. The molecule has 150 valence electrons. The van der Waals surface area contributed by atoms with Gasteiger partial charge in [0.25, 0.3) is 0 Å². The maximum Gasteiger partial charge on any atom is 0.119 e. The molecule has 4 heteroatoms. The Morgan fingerprint density at radius 3 is 2.43 bits per heavy atom. The van der Waals surface area contributed by atoms with E-state index in [2.05, 4.69) is 72.9 Å². The Balaban J connectivity index is 1.35. The van der Waals surface area contributed by atoms with E-state index < -0.39 is 0 Å². The van der Waals surface area contributed by atoms with E-state index in [1.54, 1.807) is 0 Å². The Morgan fingerprint density at radius 2 is 1.71 bits per heavy atom. The fourth-order valence-electron chi connectivity index (χ4n) is 4.47. The molecule has 0 spiro atoms. The van der Waals surface area contributed by atoms with E-state index in [4.69, 9.17) is 4.74 Å². The van der Waals surface area contributed by atoms with Gasteiger partial charge >= 0.3 is 0 Å². The summed E-state index contributed by atoms with van der Waals surface area (Å²) >= 11 is 0. The van der Waals surface area contributed by atoms with E-state index in [0.717, 1.165) is 69.2 Å². The molecule has 3 heterocycles. The number of hydrogen-bond acceptors (Lipinski definition) is 4. The van der Waals surface area contributed by atoms with Crippen LogP contribution in [0.15, 0.2) is 30.3 Å². The van der Waals surface area contributed by atoms with Gasteiger partial charge in [0.1, 0.15) is 5.75 Å². The summed E-state index contributed by atoms with van der Waals surface area (Å²) in [7, 11) is 2.19. The van der Waals surface area contributed by atoms with Gasteiger partial charge in [-0.05, 0) is 75.5 Å². The van der Waals surface area contributed by atoms with Gasteiger partial charge in [-0.3, -0.25) is 4.98 Å². The van der Waals surface area contributed by atoms with E-state index in [0.29, 0.717) is 0 Å². The molecule has 2 aromatic rings. The van der Waals surface area contributed by atoms with Crippen LogP contribution in [0.4, 0.5) is 5.69 Å². The molecule has 2 aliphatic rings. The molecule has 0 bridgehead atoms. The summed E-state index contributed by atoms with van der Waals surface area (Å²) in [4.78, 5) is 9.39. The third kappa shape index (κ3) is 4.33. The standard InChI is InChI=1S/C24H33N3O/c1-18-13-22(14-19(2)25-18)27-11-8-24(3,9-12-27)17-28-23-6-5-20-7-10-26(4)16-21(20)15-23/h5-6,13-15H,7-12,16-17H2,1-4H3. The van der Waals surface area contributed by atoms with Crippen LogP contribution in [0, 0.1) is 19.3 Å². The van der Waals surface area contributed by atoms with E-state index in [9.17, 15) is 0 Å². The lowest BCUT2D eigenvalue weighted by atomic mass is 9.81. The number of benzene rings is 1. The highest BCUT2D eigenvalue weighted by atomic mass is 16.5. The molecule has 1 saturated heterocycles. The lowest BCUT2D eigenvalue weighted by Gasteiger charge is -2.40. The molecule has 1 fully saturated rings. The van der Waals surface area contributed by atoms with Crippen molar-refractivity contribution in [3.63, 3.8) is 0 Å². The maximum atomic E-state index is 6.28. The molecule has 4 rings (SSSR count). The molecule has 0 N–H and O–H groups in total. The third-order valence-corrected chi connectivity index (χ3v) is 6.37. The highest BCUT2D eigenvalue weighted by molar-refractivity contribution is 5.48. The fraction of sp³-hybridized carbons (Fsp3) is 0.542. The van der Waals surface area contributed by atoms with Crippen LogP contribution in [0.1, 0.15) is 42.3 Å². The molecule has 1 aromatic carbocycles. The van der Waals surface area contributed by atoms with Crippen LogP contribution in [0.2, 0.25) is 0 Å². The third-order valence-electron chi connectivity index (χ3n) is 6.37. The second-order valence-electron chi connectivity index (χ2n) is 9.11. The summed E-state index contributed by atoms with van der Waals surface area (Å²) in [5.74, 6) is 1.03. The molecular weight excluding hydrogens is 346 g/mol. The van der Waals surface area contributed by atoms with Crippen LogP contribution >= 0.6 is 0 Å². The predicted molar refractivity (Wildman–Crippen MR) is 115 cm³/mol. The minimum atomic E-state index is 0.236. The quantitative estimate of drug-likeness (QED) is 0.789. The molecule has 4 nitrogen and oxygen atoms in total. The predicted octanol–water partition coefficient (Wildman–Crippen LogP) is 4.37. The van der Waals surface area contributed by atoms with Gasteiger partial charge in [-0.25, -0.2) is 0 Å². The fourth-order valence-corrected chi connectivity index (χ4v) is 4.47. The zero-order valence-electron chi connectivity index (χ0n) is 17.8. The van der Waals surface area contributed by atoms with E-state index in [1.165, 1.54) is 16.8 Å². The van der Waals surface area contributed by atoms with Crippen molar-refractivity contribution in [2.24, 2.45) is 5.41 Å². The average Bonchev–Trinajstić information content (AvgIpc) is 2.66. The number of likely N-dealkylation sites (N-methyl/N-ethyl adjacent to an activating group) is 1. The van der Waals surface area contributed by atoms with Gasteiger partial charge in [0.05, 0.1) is 6.61 Å². The Labute approximate surface area is 169 Å². The van der Waals surface area contributed by atoms with Crippen LogP contribution in [0.25, 0.3) is 0 Å². The van der Waals surface area contributed by atoms with Crippen molar-refractivity contribution in [3.05, 3.63) is 52.8 Å². The van der Waals surface area contributed by atoms with E-state index in [-0.39, 0.29) is 5.41 Å². The highest BCUT2D eigenvalue weighted by Crippen LogP contribution is 2.34. The number of aryl methyl sites for hydroxylation is 2. The van der Waals surface area contributed by atoms with Crippen LogP contribution in [0.3, 0.4) is 0 Å². The van der Waals surface area contributed by atoms with Crippen molar-refractivity contribution < 1.29 is 4.74 Å². The van der Waals surface area contributed by atoms with Crippen molar-refractivity contribution >= 4 is 5.69 Å². The molecule has 0 saturated carbocycles. The van der Waals surface area contributed by atoms with Crippen LogP contribution in [-0.4, -0.2) is 43.2 Å². The first-order valence-corrected chi connectivity index (χ1v) is 10.5. The molecule has 0 atom stereocenters. The number of pyridine rings is 1. The summed E-state index contributed by atoms with van der Waals surface area (Å²) in [5, 5.41) is 0. The van der Waals surface area contributed by atoms with Crippen molar-refractivity contribution in [1.82, 2.24) is 9.88 Å². The number of aromatic nitrogens is 1. The maximum absolute atomic E-state index is 6.28. The topological polar surface area (TPSA) is 28.6 Å². The second kappa shape index (κ2) is 7.75. The van der Waals surface area contributed by atoms with Crippen molar-refractivity contribution in [2.75, 3.05) is 38.2 Å². The van der Waals surface area contributed by atoms with E-state index in [1.807, 2.05) is 0 Å². The summed E-state index contributed by atoms with van der Waals surface area (Å²) in [6.45, 7) is 11.7. The summed E-state index contributed by atoms with van der Waals surface area (Å²) in [6, 6.07) is 11.1. The van der Waals surface area contributed by atoms with Gasteiger partial charge in [0.15, 0.2) is 0 Å². The number of ether oxygens (including phenoxy) is 1. The molecule has 2 aliphatic heterocycles. The molecule has 0 radical (unpaired) electrons. The van der Waals surface area contributed by atoms with Gasteiger partial charge in [-0.2, -0.15) is 0 Å². The number of fused-ring (bicyclic) bond motifs is 1. The lowest BCUT2D eigenvalue weighted by molar-refractivity contribution is 0.131. The smallest absolute Gasteiger partial charge is 0.119 e. The number of nitrogens with zero attached hydrogens (tertiary/aromatic N) is 3. The largest absolute Gasteiger partial charge is 0.493 e. The minimum absolute atomic E-state index is 0.236. The van der Waals surface area contributed by atoms with Crippen LogP contribution in [-0.2, 0) is 13.0 Å². The zero-order chi connectivity index (χ0) is 19.7. The van der Waals surface area contributed by atoms with Gasteiger partial charge in [0.2, 0.25) is 0 Å². The molecular formula is C24H33N3O. The average molecular weight is 380 g/mol. The molecule has 0 unspecified atom stereocenters. The Kier molecular flexibility index (Phi) is 5.33. The zero-order valence-corrected chi connectivity index (χ0v) is 17.8. The number of hydrogen-bond donors (Lipinski definition) is 0. The SMILES string of the molecule is Cc1cc(N2CCC(C)(COc3ccc4c(c3)CN(C)CC4)CC2)cc(C)n1. The van der Waals surface area contributed by atoms with Gasteiger partial charge in [-0.15, -0.1) is 0 Å². The Morgan fingerprint density at radius 1 is 1.00 bits per heavy atom. The van der Waals surface area contributed by atoms with Gasteiger partial charge < -0.3 is 14.5 Å². The van der Waals surface area contributed by atoms with Crippen LogP contribution in [0.5, 0.6) is 5.75 Å². The number of rotatable bonds is 4. The van der Waals surface area contributed by atoms with Gasteiger partial charge in [0, 0.05) is 48.7 Å².